The Hall–Kier alpha value is -1.77. The van der Waals surface area contributed by atoms with Crippen LogP contribution >= 0.6 is 11.3 Å². The first-order valence-electron chi connectivity index (χ1n) is 5.94. The van der Waals surface area contributed by atoms with Crippen LogP contribution in [0.15, 0.2) is 39.9 Å². The molecular formula is C13H12FNO4S2. The normalized spacial score (nSPS) is 11.5. The smallest absolute Gasteiger partial charge is 0.336 e. The largest absolute Gasteiger partial charge is 0.478 e. The molecule has 112 valence electrons. The highest BCUT2D eigenvalue weighted by Gasteiger charge is 2.18. The second-order valence-corrected chi connectivity index (χ2v) is 7.14. The Kier molecular flexibility index (Phi) is 4.71. The van der Waals surface area contributed by atoms with Crippen LogP contribution in [0, 0.1) is 5.82 Å². The van der Waals surface area contributed by atoms with E-state index in [1.807, 2.05) is 0 Å². The van der Waals surface area contributed by atoms with Gasteiger partial charge in [-0.1, -0.05) is 12.1 Å². The summed E-state index contributed by atoms with van der Waals surface area (Å²) in [4.78, 5) is 10.7. The molecule has 1 aromatic carbocycles. The Morgan fingerprint density at radius 3 is 2.71 bits per heavy atom. The van der Waals surface area contributed by atoms with E-state index >= 15 is 0 Å². The molecule has 0 bridgehead atoms. The number of thiophene rings is 1. The number of carboxylic acid groups (broad SMARTS) is 1. The molecule has 1 heterocycles. The molecule has 5 nitrogen and oxygen atoms in total. The topological polar surface area (TPSA) is 83.5 Å². The minimum Gasteiger partial charge on any atom is -0.478 e. The second-order valence-electron chi connectivity index (χ2n) is 4.24. The fraction of sp³-hybridized carbons (Fsp3) is 0.154. The third kappa shape index (κ3) is 4.10. The SMILES string of the molecule is O=C(O)c1csc(S(=O)(=O)NCCc2cccc(F)c2)c1. The molecule has 0 saturated carbocycles. The Balaban J connectivity index is 1.99. The molecule has 8 heteroatoms. The maximum Gasteiger partial charge on any atom is 0.336 e. The molecule has 0 radical (unpaired) electrons. The van der Waals surface area contributed by atoms with Crippen LogP contribution in [0.3, 0.4) is 0 Å². The first kappa shape index (κ1) is 15.6. The Morgan fingerprint density at radius 2 is 2.10 bits per heavy atom. The molecule has 2 rings (SSSR count). The molecule has 1 aromatic heterocycles. The summed E-state index contributed by atoms with van der Waals surface area (Å²) in [6.45, 7) is 0.103. The van der Waals surface area contributed by atoms with Crippen LogP contribution in [-0.4, -0.2) is 26.0 Å². The van der Waals surface area contributed by atoms with Crippen LogP contribution in [0.25, 0.3) is 0 Å². The van der Waals surface area contributed by atoms with Crippen molar-refractivity contribution in [3.63, 3.8) is 0 Å². The zero-order valence-corrected chi connectivity index (χ0v) is 12.4. The van der Waals surface area contributed by atoms with E-state index in [1.165, 1.54) is 17.5 Å². The van der Waals surface area contributed by atoms with Crippen molar-refractivity contribution in [1.29, 1.82) is 0 Å². The maximum atomic E-state index is 13.0. The molecule has 0 saturated heterocycles. The lowest BCUT2D eigenvalue weighted by Gasteiger charge is -2.05. The number of halogens is 1. The highest BCUT2D eigenvalue weighted by molar-refractivity contribution is 7.91. The first-order chi connectivity index (χ1) is 9.88. The molecule has 0 aliphatic carbocycles. The number of benzene rings is 1. The lowest BCUT2D eigenvalue weighted by Crippen LogP contribution is -2.25. The van der Waals surface area contributed by atoms with E-state index in [0.717, 1.165) is 17.4 Å². The predicted molar refractivity (Wildman–Crippen MR) is 76.6 cm³/mol. The molecule has 0 unspecified atom stereocenters. The number of carboxylic acids is 1. The highest BCUT2D eigenvalue weighted by atomic mass is 32.2. The zero-order chi connectivity index (χ0) is 15.5. The third-order valence-electron chi connectivity index (χ3n) is 2.68. The van der Waals surface area contributed by atoms with Gasteiger partial charge in [-0.3, -0.25) is 0 Å². The van der Waals surface area contributed by atoms with Crippen molar-refractivity contribution in [3.05, 3.63) is 52.7 Å². The lowest BCUT2D eigenvalue weighted by molar-refractivity contribution is 0.0697. The second kappa shape index (κ2) is 6.33. The van der Waals surface area contributed by atoms with E-state index < -0.39 is 16.0 Å². The van der Waals surface area contributed by atoms with Crippen LogP contribution < -0.4 is 4.72 Å². The van der Waals surface area contributed by atoms with Gasteiger partial charge >= 0.3 is 5.97 Å². The summed E-state index contributed by atoms with van der Waals surface area (Å²) in [5.74, 6) is -1.55. The number of hydrogen-bond acceptors (Lipinski definition) is 4. The molecule has 2 aromatic rings. The van der Waals surface area contributed by atoms with Crippen LogP contribution in [0.1, 0.15) is 15.9 Å². The Morgan fingerprint density at radius 1 is 1.33 bits per heavy atom. The standard InChI is InChI=1S/C13H12FNO4S2/c14-11-3-1-2-9(6-11)4-5-15-21(18,19)12-7-10(8-20-12)13(16)17/h1-3,6-8,15H,4-5H2,(H,16,17). The lowest BCUT2D eigenvalue weighted by atomic mass is 10.1. The summed E-state index contributed by atoms with van der Waals surface area (Å²) in [6, 6.07) is 7.01. The number of aromatic carboxylic acids is 1. The first-order valence-corrected chi connectivity index (χ1v) is 8.31. The number of carbonyl (C=O) groups is 1. The van der Waals surface area contributed by atoms with Gasteiger partial charge in [0.1, 0.15) is 10.0 Å². The molecular weight excluding hydrogens is 317 g/mol. The van der Waals surface area contributed by atoms with Crippen molar-refractivity contribution in [2.75, 3.05) is 6.54 Å². The van der Waals surface area contributed by atoms with Gasteiger partial charge in [0.05, 0.1) is 5.56 Å². The minimum atomic E-state index is -3.74. The van der Waals surface area contributed by atoms with E-state index in [0.29, 0.717) is 12.0 Å². The van der Waals surface area contributed by atoms with Crippen molar-refractivity contribution < 1.29 is 22.7 Å². The average Bonchev–Trinajstić information content (AvgIpc) is 2.89. The van der Waals surface area contributed by atoms with Gasteiger partial charge in [-0.15, -0.1) is 11.3 Å². The van der Waals surface area contributed by atoms with Gasteiger partial charge in [0.25, 0.3) is 0 Å². The summed E-state index contributed by atoms with van der Waals surface area (Å²) < 4.78 is 39.2. The quantitative estimate of drug-likeness (QED) is 0.850. The van der Waals surface area contributed by atoms with Gasteiger partial charge in [0, 0.05) is 11.9 Å². The van der Waals surface area contributed by atoms with E-state index in [4.69, 9.17) is 5.11 Å². The van der Waals surface area contributed by atoms with Crippen molar-refractivity contribution in [2.24, 2.45) is 0 Å². The number of nitrogens with one attached hydrogen (secondary N) is 1. The van der Waals surface area contributed by atoms with Crippen molar-refractivity contribution >= 4 is 27.3 Å². The van der Waals surface area contributed by atoms with Crippen LogP contribution in [0.2, 0.25) is 0 Å². The Labute approximate surface area is 125 Å². The molecule has 0 fully saturated rings. The van der Waals surface area contributed by atoms with Crippen molar-refractivity contribution in [3.8, 4) is 0 Å². The average molecular weight is 329 g/mol. The molecule has 0 atom stereocenters. The molecule has 0 aliphatic heterocycles. The summed E-state index contributed by atoms with van der Waals surface area (Å²) in [6.07, 6.45) is 0.341. The molecule has 0 aliphatic rings. The van der Waals surface area contributed by atoms with Crippen LogP contribution in [-0.2, 0) is 16.4 Å². The van der Waals surface area contributed by atoms with Gasteiger partial charge in [0.15, 0.2) is 0 Å². The molecule has 2 N–H and O–H groups in total. The van der Waals surface area contributed by atoms with Gasteiger partial charge in [-0.05, 0) is 30.2 Å². The predicted octanol–water partition coefficient (Wildman–Crippen LogP) is 2.11. The van der Waals surface area contributed by atoms with Gasteiger partial charge in [0.2, 0.25) is 10.0 Å². The highest BCUT2D eigenvalue weighted by Crippen LogP contribution is 2.20. The van der Waals surface area contributed by atoms with Crippen molar-refractivity contribution in [1.82, 2.24) is 4.72 Å². The number of hydrogen-bond donors (Lipinski definition) is 2. The van der Waals surface area contributed by atoms with Gasteiger partial charge in [-0.2, -0.15) is 0 Å². The molecule has 0 amide bonds. The fourth-order valence-corrected chi connectivity index (χ4v) is 3.89. The summed E-state index contributed by atoms with van der Waals surface area (Å²) in [7, 11) is -3.74. The minimum absolute atomic E-state index is 0.0563. The van der Waals surface area contributed by atoms with Gasteiger partial charge < -0.3 is 5.11 Å². The van der Waals surface area contributed by atoms with E-state index in [-0.39, 0.29) is 22.1 Å². The number of sulfonamides is 1. The van der Waals surface area contributed by atoms with Crippen LogP contribution in [0.5, 0.6) is 0 Å². The maximum absolute atomic E-state index is 13.0. The molecule has 0 spiro atoms. The molecule has 21 heavy (non-hydrogen) atoms. The summed E-state index contributed by atoms with van der Waals surface area (Å²) >= 11 is 0.842. The van der Waals surface area contributed by atoms with Gasteiger partial charge in [-0.25, -0.2) is 22.3 Å². The summed E-state index contributed by atoms with van der Waals surface area (Å²) in [5, 5.41) is 10.0. The van der Waals surface area contributed by atoms with E-state index in [1.54, 1.807) is 12.1 Å². The van der Waals surface area contributed by atoms with E-state index in [2.05, 4.69) is 4.72 Å². The Bertz CT molecular complexity index is 755. The van der Waals surface area contributed by atoms with E-state index in [9.17, 15) is 17.6 Å². The number of rotatable bonds is 6. The fourth-order valence-electron chi connectivity index (χ4n) is 1.66. The third-order valence-corrected chi connectivity index (χ3v) is 5.58. The van der Waals surface area contributed by atoms with Crippen molar-refractivity contribution in [2.45, 2.75) is 10.6 Å². The van der Waals surface area contributed by atoms with Crippen LogP contribution in [0.4, 0.5) is 4.39 Å². The summed E-state index contributed by atoms with van der Waals surface area (Å²) in [5.41, 5.74) is 0.612. The monoisotopic (exact) mass is 329 g/mol. The zero-order valence-electron chi connectivity index (χ0n) is 10.7.